The minimum atomic E-state index is -3.29. The van der Waals surface area contributed by atoms with E-state index in [9.17, 15) is 8.42 Å². The molecule has 1 aromatic carbocycles. The fraction of sp³-hybridized carbons (Fsp3) is 0.476. The Morgan fingerprint density at radius 2 is 2.00 bits per heavy atom. The van der Waals surface area contributed by atoms with Crippen LogP contribution in [0.5, 0.6) is 0 Å². The average Bonchev–Trinajstić information content (AvgIpc) is 3.40. The summed E-state index contributed by atoms with van der Waals surface area (Å²) in [5, 5.41) is 3.02. The van der Waals surface area contributed by atoms with Crippen LogP contribution in [0.25, 0.3) is 0 Å². The monoisotopic (exact) mass is 546 g/mol. The Bertz CT molecular complexity index is 873. The minimum Gasteiger partial charge on any atom is -0.469 e. The summed E-state index contributed by atoms with van der Waals surface area (Å²) in [6.45, 7) is 4.67. The molecule has 30 heavy (non-hydrogen) atoms. The van der Waals surface area contributed by atoms with Crippen molar-refractivity contribution >= 4 is 40.0 Å². The summed E-state index contributed by atoms with van der Waals surface area (Å²) in [6.07, 6.45) is 3.86. The molecule has 1 aromatic heterocycles. The van der Waals surface area contributed by atoms with Crippen LogP contribution in [0.2, 0.25) is 0 Å². The molecule has 0 amide bonds. The van der Waals surface area contributed by atoms with E-state index in [1.54, 1.807) is 13.2 Å². The van der Waals surface area contributed by atoms with Gasteiger partial charge in [-0.2, -0.15) is 0 Å². The van der Waals surface area contributed by atoms with E-state index in [1.165, 1.54) is 5.56 Å². The Hall–Kier alpha value is -1.59. The maximum absolute atomic E-state index is 12.4. The summed E-state index contributed by atoms with van der Waals surface area (Å²) in [5.41, 5.74) is 1.25. The largest absolute Gasteiger partial charge is 0.469 e. The van der Waals surface area contributed by atoms with Gasteiger partial charge < -0.3 is 14.6 Å². The van der Waals surface area contributed by atoms with Gasteiger partial charge in [-0.15, -0.1) is 24.0 Å². The quantitative estimate of drug-likeness (QED) is 0.287. The smallest absolute Gasteiger partial charge is 0.216 e. The van der Waals surface area contributed by atoms with Crippen molar-refractivity contribution in [2.24, 2.45) is 4.99 Å². The van der Waals surface area contributed by atoms with Gasteiger partial charge in [0.1, 0.15) is 5.76 Å². The summed E-state index contributed by atoms with van der Waals surface area (Å²) < 4.78 is 32.7. The van der Waals surface area contributed by atoms with Gasteiger partial charge in [0, 0.05) is 39.1 Å². The average molecular weight is 546 g/mol. The molecule has 1 atom stereocenters. The Morgan fingerprint density at radius 3 is 2.70 bits per heavy atom. The fourth-order valence-corrected chi connectivity index (χ4v) is 4.88. The van der Waals surface area contributed by atoms with Gasteiger partial charge >= 0.3 is 0 Å². The van der Waals surface area contributed by atoms with Crippen molar-refractivity contribution in [3.05, 3.63) is 60.1 Å². The predicted molar refractivity (Wildman–Crippen MR) is 131 cm³/mol. The van der Waals surface area contributed by atoms with Crippen molar-refractivity contribution in [1.29, 1.82) is 0 Å². The Kier molecular flexibility index (Phi) is 10.1. The van der Waals surface area contributed by atoms with E-state index < -0.39 is 15.3 Å². The standard InChI is InChI=1S/C21H30N4O3S.HI/c1-2-24-29(26,27)20-12-15-25(17-20)21(23-14-11-19-9-6-16-28-19)22-13-10-18-7-4-3-5-8-18;/h3-9,16,20,24H,2,10-15,17H2,1H3,(H,22,23);1H. The maximum Gasteiger partial charge on any atom is 0.216 e. The molecule has 0 aliphatic carbocycles. The van der Waals surface area contributed by atoms with E-state index in [-0.39, 0.29) is 24.0 Å². The third-order valence-electron chi connectivity index (χ3n) is 4.97. The van der Waals surface area contributed by atoms with Crippen LogP contribution in [0.15, 0.2) is 58.1 Å². The van der Waals surface area contributed by atoms with Gasteiger partial charge in [-0.05, 0) is 30.5 Å². The lowest BCUT2D eigenvalue weighted by molar-refractivity contribution is 0.485. The number of aliphatic imine (C=N–C) groups is 1. The number of likely N-dealkylation sites (tertiary alicyclic amines) is 1. The van der Waals surface area contributed by atoms with Crippen LogP contribution in [-0.4, -0.2) is 57.3 Å². The topological polar surface area (TPSA) is 86.9 Å². The molecule has 9 heteroatoms. The predicted octanol–water partition coefficient (Wildman–Crippen LogP) is 2.64. The summed E-state index contributed by atoms with van der Waals surface area (Å²) in [4.78, 5) is 6.78. The maximum atomic E-state index is 12.4. The Labute approximate surface area is 196 Å². The van der Waals surface area contributed by atoms with Gasteiger partial charge in [0.15, 0.2) is 5.96 Å². The normalized spacial score (nSPS) is 17.0. The van der Waals surface area contributed by atoms with E-state index in [0.717, 1.165) is 24.7 Å². The second-order valence-corrected chi connectivity index (χ2v) is 9.14. The van der Waals surface area contributed by atoms with E-state index in [1.807, 2.05) is 35.2 Å². The summed E-state index contributed by atoms with van der Waals surface area (Å²) >= 11 is 0. The van der Waals surface area contributed by atoms with Gasteiger partial charge in [0.05, 0.1) is 11.5 Å². The van der Waals surface area contributed by atoms with Gasteiger partial charge in [0.2, 0.25) is 10.0 Å². The highest BCUT2D eigenvalue weighted by Gasteiger charge is 2.33. The van der Waals surface area contributed by atoms with Crippen LogP contribution >= 0.6 is 24.0 Å². The number of hydrogen-bond donors (Lipinski definition) is 2. The first-order valence-electron chi connectivity index (χ1n) is 10.2. The highest BCUT2D eigenvalue weighted by atomic mass is 127. The molecule has 1 aliphatic heterocycles. The molecule has 0 bridgehead atoms. The second kappa shape index (κ2) is 12.3. The molecule has 2 aromatic rings. The van der Waals surface area contributed by atoms with Crippen LogP contribution in [0.1, 0.15) is 24.7 Å². The van der Waals surface area contributed by atoms with Gasteiger partial charge in [-0.3, -0.25) is 4.99 Å². The number of sulfonamides is 1. The number of nitrogens with one attached hydrogen (secondary N) is 2. The molecule has 1 saturated heterocycles. The minimum absolute atomic E-state index is 0. The van der Waals surface area contributed by atoms with Crippen LogP contribution in [-0.2, 0) is 22.9 Å². The van der Waals surface area contributed by atoms with E-state index >= 15 is 0 Å². The molecule has 0 saturated carbocycles. The van der Waals surface area contributed by atoms with Gasteiger partial charge in [-0.1, -0.05) is 37.3 Å². The molecule has 2 heterocycles. The number of halogens is 1. The lowest BCUT2D eigenvalue weighted by atomic mass is 10.1. The fourth-order valence-electron chi connectivity index (χ4n) is 3.45. The number of hydrogen-bond acceptors (Lipinski definition) is 4. The van der Waals surface area contributed by atoms with Gasteiger partial charge in [0.25, 0.3) is 0 Å². The third kappa shape index (κ3) is 7.28. The SMILES string of the molecule is CCNS(=O)(=O)C1CCN(C(=NCCc2ccco2)NCCc2ccccc2)C1.I. The molecule has 1 aliphatic rings. The molecule has 2 N–H and O–H groups in total. The molecular formula is C21H31IN4O3S. The first-order valence-corrected chi connectivity index (χ1v) is 11.7. The highest BCUT2D eigenvalue weighted by molar-refractivity contribution is 14.0. The number of benzene rings is 1. The zero-order valence-corrected chi connectivity index (χ0v) is 20.4. The zero-order valence-electron chi connectivity index (χ0n) is 17.3. The zero-order chi connectivity index (χ0) is 20.5. The molecule has 0 radical (unpaired) electrons. The number of guanidine groups is 1. The molecule has 1 fully saturated rings. The second-order valence-electron chi connectivity index (χ2n) is 7.10. The number of furan rings is 1. The molecule has 166 valence electrons. The van der Waals surface area contributed by atoms with Crippen LogP contribution in [0.3, 0.4) is 0 Å². The van der Waals surface area contributed by atoms with Crippen LogP contribution < -0.4 is 10.0 Å². The van der Waals surface area contributed by atoms with Crippen molar-refractivity contribution in [2.75, 3.05) is 32.7 Å². The van der Waals surface area contributed by atoms with Crippen molar-refractivity contribution in [1.82, 2.24) is 14.9 Å². The van der Waals surface area contributed by atoms with Crippen LogP contribution in [0.4, 0.5) is 0 Å². The van der Waals surface area contributed by atoms with Crippen molar-refractivity contribution in [2.45, 2.75) is 31.4 Å². The number of nitrogens with zero attached hydrogens (tertiary/aromatic N) is 2. The van der Waals surface area contributed by atoms with E-state index in [4.69, 9.17) is 9.41 Å². The van der Waals surface area contributed by atoms with E-state index in [0.29, 0.717) is 39.0 Å². The lowest BCUT2D eigenvalue weighted by Gasteiger charge is -2.22. The molecule has 0 spiro atoms. The third-order valence-corrected chi connectivity index (χ3v) is 6.92. The van der Waals surface area contributed by atoms with Gasteiger partial charge in [-0.25, -0.2) is 13.1 Å². The first-order chi connectivity index (χ1) is 14.1. The van der Waals surface area contributed by atoms with Crippen molar-refractivity contribution in [3.63, 3.8) is 0 Å². The highest BCUT2D eigenvalue weighted by Crippen LogP contribution is 2.16. The summed E-state index contributed by atoms with van der Waals surface area (Å²) in [6, 6.07) is 14.1. The summed E-state index contributed by atoms with van der Waals surface area (Å²) in [7, 11) is -3.29. The summed E-state index contributed by atoms with van der Waals surface area (Å²) in [5.74, 6) is 1.66. The molecular weight excluding hydrogens is 515 g/mol. The van der Waals surface area contributed by atoms with Crippen molar-refractivity contribution in [3.8, 4) is 0 Å². The number of rotatable bonds is 9. The molecule has 3 rings (SSSR count). The lowest BCUT2D eigenvalue weighted by Crippen LogP contribution is -2.43. The Balaban J connectivity index is 0.00000320. The first kappa shape index (κ1) is 24.7. The molecule has 1 unspecified atom stereocenters. The van der Waals surface area contributed by atoms with E-state index in [2.05, 4.69) is 22.2 Å². The van der Waals surface area contributed by atoms with Crippen LogP contribution in [0, 0.1) is 0 Å². The Morgan fingerprint density at radius 1 is 1.20 bits per heavy atom. The van der Waals surface area contributed by atoms with Crippen molar-refractivity contribution < 1.29 is 12.8 Å². The molecule has 7 nitrogen and oxygen atoms in total.